The number of non-ortho nitro benzene ring substituents is 1. The van der Waals surface area contributed by atoms with Gasteiger partial charge in [0.25, 0.3) is 5.69 Å². The van der Waals surface area contributed by atoms with Crippen molar-refractivity contribution in [3.05, 3.63) is 82.1 Å². The van der Waals surface area contributed by atoms with Crippen LogP contribution < -0.4 is 10.2 Å². The molecule has 0 atom stereocenters. The predicted octanol–water partition coefficient (Wildman–Crippen LogP) is 4.54. The molecule has 39 heavy (non-hydrogen) atoms. The van der Waals surface area contributed by atoms with E-state index in [9.17, 15) is 28.1 Å². The number of halogens is 3. The summed E-state index contributed by atoms with van der Waals surface area (Å²) in [6.45, 7) is 2.88. The van der Waals surface area contributed by atoms with E-state index in [-0.39, 0.29) is 29.3 Å². The first-order chi connectivity index (χ1) is 18.5. The minimum absolute atomic E-state index is 0.0551. The number of piperazine rings is 1. The van der Waals surface area contributed by atoms with Crippen molar-refractivity contribution in [2.45, 2.75) is 12.7 Å². The molecule has 0 radical (unpaired) electrons. The van der Waals surface area contributed by atoms with Gasteiger partial charge in [-0.25, -0.2) is 0 Å². The topological polar surface area (TPSA) is 94.9 Å². The monoisotopic (exact) mass is 542 g/mol. The van der Waals surface area contributed by atoms with Crippen molar-refractivity contribution in [2.24, 2.45) is 0 Å². The second-order valence-electron chi connectivity index (χ2n) is 9.54. The van der Waals surface area contributed by atoms with E-state index in [0.717, 1.165) is 17.8 Å². The van der Waals surface area contributed by atoms with E-state index in [0.29, 0.717) is 43.7 Å². The first kappa shape index (κ1) is 27.8. The number of carbonyl (C=O) groups excluding carboxylic acids is 1. The van der Waals surface area contributed by atoms with Crippen LogP contribution in [0.3, 0.4) is 0 Å². The number of fused-ring (bicyclic) bond motifs is 1. The zero-order chi connectivity index (χ0) is 28.2. The van der Waals surface area contributed by atoms with Crippen LogP contribution in [0.15, 0.2) is 60.8 Å². The number of nitrogens with one attached hydrogen (secondary N) is 1. The maximum atomic E-state index is 13.6. The molecule has 1 fully saturated rings. The molecule has 1 N–H and O–H groups in total. The van der Waals surface area contributed by atoms with E-state index in [1.54, 1.807) is 29.3 Å². The van der Waals surface area contributed by atoms with Gasteiger partial charge in [-0.05, 0) is 37.9 Å². The third-order valence-corrected chi connectivity index (χ3v) is 6.41. The molecule has 1 aromatic heterocycles. The highest BCUT2D eigenvalue weighted by Gasteiger charge is 2.32. The van der Waals surface area contributed by atoms with Gasteiger partial charge in [-0.2, -0.15) is 13.2 Å². The molecule has 0 spiro atoms. The van der Waals surface area contributed by atoms with Gasteiger partial charge in [-0.1, -0.05) is 18.2 Å². The van der Waals surface area contributed by atoms with Gasteiger partial charge in [0.15, 0.2) is 0 Å². The molecule has 0 bridgehead atoms. The summed E-state index contributed by atoms with van der Waals surface area (Å²) in [6.07, 6.45) is 0.367. The van der Waals surface area contributed by atoms with Crippen molar-refractivity contribution < 1.29 is 22.9 Å². The molecule has 3 aromatic rings. The SMILES string of the molecule is CN(C)C/C=C/C(=O)N1CCN(c2cnc3cc(C(F)(F)F)cc(NCc4cccc([N+](=O)[O-])c4)c3c2)CC1. The number of amides is 1. The summed E-state index contributed by atoms with van der Waals surface area (Å²) >= 11 is 0. The Kier molecular flexibility index (Phi) is 8.34. The lowest BCUT2D eigenvalue weighted by molar-refractivity contribution is -0.384. The fourth-order valence-electron chi connectivity index (χ4n) is 4.33. The van der Waals surface area contributed by atoms with Crippen LogP contribution in [0.5, 0.6) is 0 Å². The van der Waals surface area contributed by atoms with E-state index in [1.165, 1.54) is 18.2 Å². The summed E-state index contributed by atoms with van der Waals surface area (Å²) in [7, 11) is 3.84. The number of benzene rings is 2. The predicted molar refractivity (Wildman–Crippen MR) is 144 cm³/mol. The number of hydrogen-bond donors (Lipinski definition) is 1. The van der Waals surface area contributed by atoms with Crippen molar-refractivity contribution in [3.63, 3.8) is 0 Å². The number of aromatic nitrogens is 1. The largest absolute Gasteiger partial charge is 0.416 e. The van der Waals surface area contributed by atoms with Crippen LogP contribution in [0.4, 0.5) is 30.2 Å². The Morgan fingerprint density at radius 2 is 1.90 bits per heavy atom. The Balaban J connectivity index is 1.55. The summed E-state index contributed by atoms with van der Waals surface area (Å²) in [4.78, 5) is 33.1. The maximum absolute atomic E-state index is 13.6. The van der Waals surface area contributed by atoms with Crippen LogP contribution in [0, 0.1) is 10.1 Å². The lowest BCUT2D eigenvalue weighted by atomic mass is 10.1. The maximum Gasteiger partial charge on any atom is 0.416 e. The van der Waals surface area contributed by atoms with Gasteiger partial charge >= 0.3 is 6.18 Å². The van der Waals surface area contributed by atoms with Crippen LogP contribution in [0.2, 0.25) is 0 Å². The van der Waals surface area contributed by atoms with Gasteiger partial charge in [0.1, 0.15) is 0 Å². The summed E-state index contributed by atoms with van der Waals surface area (Å²) in [5.74, 6) is -0.0551. The number of carbonyl (C=O) groups is 1. The van der Waals surface area contributed by atoms with E-state index < -0.39 is 16.7 Å². The number of likely N-dealkylation sites (N-methyl/N-ethyl adjacent to an activating group) is 1. The molecule has 9 nitrogen and oxygen atoms in total. The zero-order valence-corrected chi connectivity index (χ0v) is 21.6. The van der Waals surface area contributed by atoms with Crippen LogP contribution in [0.1, 0.15) is 11.1 Å². The summed E-state index contributed by atoms with van der Waals surface area (Å²) in [6, 6.07) is 9.75. The van der Waals surface area contributed by atoms with Crippen LogP contribution in [0.25, 0.3) is 10.9 Å². The normalized spacial score (nSPS) is 14.4. The molecule has 1 saturated heterocycles. The number of rotatable bonds is 8. The van der Waals surface area contributed by atoms with Crippen molar-refractivity contribution in [1.82, 2.24) is 14.8 Å². The first-order valence-electron chi connectivity index (χ1n) is 12.3. The van der Waals surface area contributed by atoms with E-state index >= 15 is 0 Å². The minimum Gasteiger partial charge on any atom is -0.380 e. The highest BCUT2D eigenvalue weighted by Crippen LogP contribution is 2.36. The first-order valence-corrected chi connectivity index (χ1v) is 12.3. The van der Waals surface area contributed by atoms with E-state index in [1.807, 2.05) is 30.0 Å². The van der Waals surface area contributed by atoms with Crippen LogP contribution in [-0.2, 0) is 17.5 Å². The van der Waals surface area contributed by atoms with Crippen LogP contribution in [-0.4, -0.2) is 72.4 Å². The fraction of sp³-hybridized carbons (Fsp3) is 0.333. The molecule has 1 amide bonds. The second-order valence-corrected chi connectivity index (χ2v) is 9.54. The molecule has 0 aliphatic carbocycles. The average Bonchev–Trinajstić information content (AvgIpc) is 2.90. The lowest BCUT2D eigenvalue weighted by Gasteiger charge is -2.35. The molecular weight excluding hydrogens is 513 g/mol. The average molecular weight is 543 g/mol. The van der Waals surface area contributed by atoms with Gasteiger partial charge in [0, 0.05) is 68.6 Å². The summed E-state index contributed by atoms with van der Waals surface area (Å²) in [5.41, 5.74) is 0.745. The molecule has 0 saturated carbocycles. The van der Waals surface area contributed by atoms with Gasteiger partial charge in [0.05, 0.1) is 27.9 Å². The summed E-state index contributed by atoms with van der Waals surface area (Å²) < 4.78 is 40.8. The Morgan fingerprint density at radius 1 is 1.15 bits per heavy atom. The molecule has 1 aliphatic rings. The van der Waals surface area contributed by atoms with Crippen molar-refractivity contribution in [1.29, 1.82) is 0 Å². The number of alkyl halides is 3. The quantitative estimate of drug-likeness (QED) is 0.254. The molecule has 2 aromatic carbocycles. The number of hydrogen-bond acceptors (Lipinski definition) is 7. The standard InChI is InChI=1S/C27H29F3N6O3/c1-33(2)8-4-7-26(37)35-11-9-34(10-12-35)22-16-23-24(14-20(27(28,29)30)15-25(23)32-18-22)31-17-19-5-3-6-21(13-19)36(38)39/h3-7,13-16,18,31H,8-12,17H2,1-2H3/b7-4+. The minimum atomic E-state index is -4.57. The van der Waals surface area contributed by atoms with Gasteiger partial charge in [-0.3, -0.25) is 19.9 Å². The molecular formula is C27H29F3N6O3. The number of anilines is 2. The highest BCUT2D eigenvalue weighted by atomic mass is 19.4. The fourth-order valence-corrected chi connectivity index (χ4v) is 4.33. The molecule has 4 rings (SSSR count). The van der Waals surface area contributed by atoms with Crippen molar-refractivity contribution in [3.8, 4) is 0 Å². The zero-order valence-electron chi connectivity index (χ0n) is 21.6. The molecule has 0 unspecified atom stereocenters. The van der Waals surface area contributed by atoms with Gasteiger partial charge in [-0.15, -0.1) is 0 Å². The molecule has 12 heteroatoms. The van der Waals surface area contributed by atoms with Crippen molar-refractivity contribution in [2.75, 3.05) is 57.0 Å². The van der Waals surface area contributed by atoms with Crippen molar-refractivity contribution >= 4 is 33.9 Å². The molecule has 1 aliphatic heterocycles. The third kappa shape index (κ3) is 7.02. The Labute approximate surface area is 223 Å². The Hall–Kier alpha value is -4.19. The second kappa shape index (κ2) is 11.7. The summed E-state index contributed by atoms with van der Waals surface area (Å²) in [5, 5.41) is 14.6. The third-order valence-electron chi connectivity index (χ3n) is 6.41. The smallest absolute Gasteiger partial charge is 0.380 e. The van der Waals surface area contributed by atoms with E-state index in [4.69, 9.17) is 0 Å². The van der Waals surface area contributed by atoms with Crippen LogP contribution >= 0.6 is 0 Å². The Morgan fingerprint density at radius 3 is 2.56 bits per heavy atom. The highest BCUT2D eigenvalue weighted by molar-refractivity contribution is 5.94. The molecule has 2 heterocycles. The number of nitro groups is 1. The van der Waals surface area contributed by atoms with Gasteiger partial charge < -0.3 is 20.0 Å². The number of pyridine rings is 1. The molecule has 206 valence electrons. The lowest BCUT2D eigenvalue weighted by Crippen LogP contribution is -2.48. The van der Waals surface area contributed by atoms with Gasteiger partial charge in [0.2, 0.25) is 5.91 Å². The Bertz CT molecular complexity index is 1380. The number of nitrogens with zero attached hydrogens (tertiary/aromatic N) is 5. The van der Waals surface area contributed by atoms with E-state index in [2.05, 4.69) is 10.3 Å². The number of nitro benzene ring substituents is 1.